The normalized spacial score (nSPS) is 30.3. The van der Waals surface area contributed by atoms with Gasteiger partial charge in [0, 0.05) is 12.0 Å². The first kappa shape index (κ1) is 12.8. The van der Waals surface area contributed by atoms with Crippen LogP contribution in [0.2, 0.25) is 0 Å². The third-order valence-corrected chi connectivity index (χ3v) is 5.64. The number of carbonyl (C=O) groups excluding carboxylic acids is 1. The summed E-state index contributed by atoms with van der Waals surface area (Å²) in [6.45, 7) is 3.78. The van der Waals surface area contributed by atoms with Crippen molar-refractivity contribution >= 4 is 15.7 Å². The molecule has 0 aromatic rings. The molecule has 5 nitrogen and oxygen atoms in total. The minimum atomic E-state index is -3.22. The molecule has 6 heteroatoms. The molecule has 1 N–H and O–H groups in total. The lowest BCUT2D eigenvalue weighted by molar-refractivity contribution is -0.126. The monoisotopic (exact) mass is 261 g/mol. The van der Waals surface area contributed by atoms with Gasteiger partial charge in [0.25, 0.3) is 0 Å². The Morgan fingerprint density at radius 2 is 2.12 bits per heavy atom. The summed E-state index contributed by atoms with van der Waals surface area (Å²) in [5.74, 6) is -0.191. The number of hydrogen-bond acceptors (Lipinski definition) is 4. The second-order valence-electron chi connectivity index (χ2n) is 5.37. The lowest BCUT2D eigenvalue weighted by Gasteiger charge is -2.38. The van der Waals surface area contributed by atoms with Crippen LogP contribution in [0.25, 0.3) is 0 Å². The smallest absolute Gasteiger partial charge is 0.238 e. The number of carbonyl (C=O) groups is 1. The Kier molecular flexibility index (Phi) is 3.45. The third-order valence-electron chi connectivity index (χ3n) is 3.46. The third kappa shape index (κ3) is 2.80. The van der Waals surface area contributed by atoms with E-state index in [0.717, 1.165) is 6.42 Å². The molecule has 0 radical (unpaired) electrons. The fourth-order valence-corrected chi connectivity index (χ4v) is 4.04. The van der Waals surface area contributed by atoms with Crippen molar-refractivity contribution in [1.82, 2.24) is 5.32 Å². The maximum absolute atomic E-state index is 11.9. The fourth-order valence-electron chi connectivity index (χ4n) is 2.22. The average molecular weight is 261 g/mol. The number of sulfone groups is 1. The van der Waals surface area contributed by atoms with E-state index in [4.69, 9.17) is 4.74 Å². The van der Waals surface area contributed by atoms with Crippen LogP contribution < -0.4 is 5.32 Å². The fraction of sp³-hybridized carbons (Fsp3) is 0.909. The number of amides is 1. The van der Waals surface area contributed by atoms with E-state index in [9.17, 15) is 13.2 Å². The van der Waals surface area contributed by atoms with Gasteiger partial charge in [0.05, 0.1) is 19.0 Å². The van der Waals surface area contributed by atoms with Gasteiger partial charge in [0.15, 0.2) is 9.84 Å². The van der Waals surface area contributed by atoms with Crippen LogP contribution in [0.3, 0.4) is 0 Å². The molecule has 0 spiro atoms. The SMILES string of the molecule is CC1(CNC(=O)C2CCCCS2(=O)=O)COC1. The van der Waals surface area contributed by atoms with Gasteiger partial charge in [-0.15, -0.1) is 0 Å². The molecular formula is C11H19NO4S. The minimum absolute atomic E-state index is 0.0198. The van der Waals surface area contributed by atoms with E-state index in [1.165, 1.54) is 0 Å². The van der Waals surface area contributed by atoms with Crippen LogP contribution in [-0.2, 0) is 19.4 Å². The van der Waals surface area contributed by atoms with Crippen molar-refractivity contribution < 1.29 is 17.9 Å². The zero-order chi connectivity index (χ0) is 12.5. The van der Waals surface area contributed by atoms with Gasteiger partial charge in [-0.2, -0.15) is 0 Å². The van der Waals surface area contributed by atoms with E-state index >= 15 is 0 Å². The van der Waals surface area contributed by atoms with Gasteiger partial charge in [-0.25, -0.2) is 8.42 Å². The maximum Gasteiger partial charge on any atom is 0.238 e. The topological polar surface area (TPSA) is 72.5 Å². The van der Waals surface area contributed by atoms with Crippen molar-refractivity contribution in [2.45, 2.75) is 31.4 Å². The summed E-state index contributed by atoms with van der Waals surface area (Å²) in [6, 6.07) is 0. The molecule has 17 heavy (non-hydrogen) atoms. The van der Waals surface area contributed by atoms with Crippen LogP contribution in [-0.4, -0.2) is 45.1 Å². The Hall–Kier alpha value is -0.620. The van der Waals surface area contributed by atoms with Gasteiger partial charge in [-0.3, -0.25) is 4.79 Å². The summed E-state index contributed by atoms with van der Waals surface area (Å²) in [6.07, 6.45) is 1.96. The average Bonchev–Trinajstić information content (AvgIpc) is 2.22. The zero-order valence-electron chi connectivity index (χ0n) is 10.1. The summed E-state index contributed by atoms with van der Waals surface area (Å²) in [5.41, 5.74) is -0.0198. The summed E-state index contributed by atoms with van der Waals surface area (Å²) in [4.78, 5) is 11.9. The molecule has 2 aliphatic heterocycles. The molecular weight excluding hydrogens is 242 g/mol. The second kappa shape index (κ2) is 4.57. The van der Waals surface area contributed by atoms with Gasteiger partial charge < -0.3 is 10.1 Å². The summed E-state index contributed by atoms with van der Waals surface area (Å²) >= 11 is 0. The van der Waals surface area contributed by atoms with Gasteiger partial charge in [0.1, 0.15) is 5.25 Å². The molecule has 2 saturated heterocycles. The highest BCUT2D eigenvalue weighted by Gasteiger charge is 2.38. The Bertz CT molecular complexity index is 400. The lowest BCUT2D eigenvalue weighted by Crippen LogP contribution is -2.51. The molecule has 0 bridgehead atoms. The van der Waals surface area contributed by atoms with E-state index in [1.807, 2.05) is 6.92 Å². The molecule has 98 valence electrons. The summed E-state index contributed by atoms with van der Waals surface area (Å²) in [5, 5.41) is 1.92. The van der Waals surface area contributed by atoms with Crippen molar-refractivity contribution in [3.63, 3.8) is 0 Å². The Labute approximate surface area is 102 Å². The molecule has 1 amide bonds. The van der Waals surface area contributed by atoms with Crippen LogP contribution in [0, 0.1) is 5.41 Å². The molecule has 0 aromatic carbocycles. The Balaban J connectivity index is 1.90. The maximum atomic E-state index is 11.9. The van der Waals surface area contributed by atoms with E-state index in [1.54, 1.807) is 0 Å². The van der Waals surface area contributed by atoms with Crippen LogP contribution in [0.4, 0.5) is 0 Å². The number of ether oxygens (including phenoxy) is 1. The Morgan fingerprint density at radius 1 is 1.41 bits per heavy atom. The largest absolute Gasteiger partial charge is 0.380 e. The summed E-state index contributed by atoms with van der Waals surface area (Å²) in [7, 11) is -3.22. The van der Waals surface area contributed by atoms with Crippen LogP contribution >= 0.6 is 0 Å². The molecule has 2 aliphatic rings. The predicted molar refractivity (Wildman–Crippen MR) is 63.4 cm³/mol. The second-order valence-corrected chi connectivity index (χ2v) is 7.68. The minimum Gasteiger partial charge on any atom is -0.380 e. The molecule has 2 heterocycles. The summed E-state index contributed by atoms with van der Waals surface area (Å²) < 4.78 is 28.6. The molecule has 0 aliphatic carbocycles. The van der Waals surface area contributed by atoms with Crippen molar-refractivity contribution in [3.05, 3.63) is 0 Å². The van der Waals surface area contributed by atoms with Gasteiger partial charge in [0.2, 0.25) is 5.91 Å². The molecule has 2 fully saturated rings. The quantitative estimate of drug-likeness (QED) is 0.782. The van der Waals surface area contributed by atoms with Gasteiger partial charge in [-0.05, 0) is 12.8 Å². The van der Waals surface area contributed by atoms with Crippen LogP contribution in [0.1, 0.15) is 26.2 Å². The Morgan fingerprint density at radius 3 is 2.65 bits per heavy atom. The van der Waals surface area contributed by atoms with E-state index in [0.29, 0.717) is 32.6 Å². The van der Waals surface area contributed by atoms with Crippen LogP contribution in [0.5, 0.6) is 0 Å². The molecule has 0 aromatic heterocycles. The van der Waals surface area contributed by atoms with E-state index in [2.05, 4.69) is 5.32 Å². The predicted octanol–water partition coefficient (Wildman–Crippen LogP) is 0.106. The molecule has 1 unspecified atom stereocenters. The number of rotatable bonds is 3. The number of nitrogens with one attached hydrogen (secondary N) is 1. The van der Waals surface area contributed by atoms with Crippen molar-refractivity contribution in [2.24, 2.45) is 5.41 Å². The van der Waals surface area contributed by atoms with E-state index in [-0.39, 0.29) is 17.1 Å². The zero-order valence-corrected chi connectivity index (χ0v) is 10.9. The van der Waals surface area contributed by atoms with Crippen LogP contribution in [0.15, 0.2) is 0 Å². The first-order valence-electron chi connectivity index (χ1n) is 6.00. The highest BCUT2D eigenvalue weighted by Crippen LogP contribution is 2.26. The standard InChI is InChI=1S/C11H19NO4S/c1-11(7-16-8-11)6-12-10(13)9-4-2-3-5-17(9,14)15/h9H,2-8H2,1H3,(H,12,13). The lowest BCUT2D eigenvalue weighted by atomic mass is 9.89. The molecule has 0 saturated carbocycles. The van der Waals surface area contributed by atoms with Crippen molar-refractivity contribution in [2.75, 3.05) is 25.5 Å². The highest BCUT2D eigenvalue weighted by atomic mass is 32.2. The van der Waals surface area contributed by atoms with Gasteiger partial charge in [-0.1, -0.05) is 13.3 Å². The number of hydrogen-bond donors (Lipinski definition) is 1. The van der Waals surface area contributed by atoms with Crippen molar-refractivity contribution in [1.29, 1.82) is 0 Å². The van der Waals surface area contributed by atoms with Gasteiger partial charge >= 0.3 is 0 Å². The highest BCUT2D eigenvalue weighted by molar-refractivity contribution is 7.92. The first-order chi connectivity index (χ1) is 7.93. The van der Waals surface area contributed by atoms with Crippen molar-refractivity contribution in [3.8, 4) is 0 Å². The molecule has 1 atom stereocenters. The first-order valence-corrected chi connectivity index (χ1v) is 7.72. The molecule has 2 rings (SSSR count). The van der Waals surface area contributed by atoms with E-state index < -0.39 is 15.1 Å².